The third kappa shape index (κ3) is 0.533. The molecule has 0 aromatic heterocycles. The van der Waals surface area contributed by atoms with Gasteiger partial charge in [-0.25, -0.2) is 0 Å². The Balaban J connectivity index is 1.93. The molecule has 0 saturated heterocycles. The van der Waals surface area contributed by atoms with Crippen LogP contribution in [0.5, 0.6) is 0 Å². The molecule has 0 radical (unpaired) electrons. The molecule has 1 aromatic rings. The van der Waals surface area contributed by atoms with E-state index in [9.17, 15) is 0 Å². The van der Waals surface area contributed by atoms with Crippen LogP contribution in [0.1, 0.15) is 26.3 Å². The second-order valence-corrected chi connectivity index (χ2v) is 6.44. The number of benzene rings is 1. The van der Waals surface area contributed by atoms with Gasteiger partial charge in [0, 0.05) is 5.41 Å². The van der Waals surface area contributed by atoms with E-state index in [0.717, 1.165) is 11.8 Å². The van der Waals surface area contributed by atoms with Gasteiger partial charge in [-0.05, 0) is 28.2 Å². The molecule has 0 heteroatoms. The first-order valence-corrected chi connectivity index (χ1v) is 6.32. The Morgan fingerprint density at radius 1 is 0.875 bits per heavy atom. The Hall–Kier alpha value is -1.04. The van der Waals surface area contributed by atoms with Crippen molar-refractivity contribution in [3.8, 4) is 0 Å². The summed E-state index contributed by atoms with van der Waals surface area (Å²) >= 11 is 0. The first kappa shape index (κ1) is 9.04. The van der Waals surface area contributed by atoms with Gasteiger partial charge in [0.1, 0.15) is 0 Å². The second-order valence-electron chi connectivity index (χ2n) is 6.44. The molecule has 4 atom stereocenters. The zero-order chi connectivity index (χ0) is 11.2. The molecule has 0 unspecified atom stereocenters. The molecule has 0 N–H and O–H groups in total. The van der Waals surface area contributed by atoms with Gasteiger partial charge in [-0.15, -0.1) is 0 Å². The molecule has 16 heavy (non-hydrogen) atoms. The molecule has 3 aliphatic carbocycles. The number of rotatable bonds is 1. The van der Waals surface area contributed by atoms with E-state index in [-0.39, 0.29) is 0 Å². The van der Waals surface area contributed by atoms with Crippen molar-refractivity contribution in [2.75, 3.05) is 0 Å². The Bertz CT molecular complexity index is 496. The van der Waals surface area contributed by atoms with Gasteiger partial charge in [0.05, 0.1) is 0 Å². The molecule has 82 valence electrons. The summed E-state index contributed by atoms with van der Waals surface area (Å²) in [6.07, 6.45) is 4.87. The molecule has 2 saturated carbocycles. The third-order valence-corrected chi connectivity index (χ3v) is 6.35. The van der Waals surface area contributed by atoms with E-state index >= 15 is 0 Å². The highest BCUT2D eigenvalue weighted by Crippen LogP contribution is 2.94. The predicted octanol–water partition coefficient (Wildman–Crippen LogP) is 3.79. The van der Waals surface area contributed by atoms with Crippen molar-refractivity contribution in [1.82, 2.24) is 0 Å². The maximum atomic E-state index is 2.49. The predicted molar refractivity (Wildman–Crippen MR) is 66.1 cm³/mol. The van der Waals surface area contributed by atoms with Gasteiger partial charge >= 0.3 is 0 Å². The minimum atomic E-state index is 0.445. The summed E-state index contributed by atoms with van der Waals surface area (Å²) < 4.78 is 0. The quantitative estimate of drug-likeness (QED) is 0.619. The molecule has 4 rings (SSSR count). The van der Waals surface area contributed by atoms with Gasteiger partial charge in [0.2, 0.25) is 0 Å². The topological polar surface area (TPSA) is 0 Å². The number of fused-ring (bicyclic) bond motifs is 4. The normalized spacial score (nSPS) is 49.7. The highest BCUT2D eigenvalue weighted by molar-refractivity contribution is 5.59. The lowest BCUT2D eigenvalue weighted by Crippen LogP contribution is -2.50. The average molecular weight is 210 g/mol. The van der Waals surface area contributed by atoms with Crippen molar-refractivity contribution in [3.63, 3.8) is 0 Å². The summed E-state index contributed by atoms with van der Waals surface area (Å²) in [6, 6.07) is 11.2. The Labute approximate surface area is 97.4 Å². The maximum absolute atomic E-state index is 2.49. The van der Waals surface area contributed by atoms with Crippen molar-refractivity contribution in [2.45, 2.75) is 26.2 Å². The molecule has 0 amide bonds. The van der Waals surface area contributed by atoms with E-state index in [1.54, 1.807) is 5.56 Å². The fourth-order valence-corrected chi connectivity index (χ4v) is 5.37. The number of hydrogen-bond donors (Lipinski definition) is 0. The number of hydrogen-bond acceptors (Lipinski definition) is 0. The van der Waals surface area contributed by atoms with Crippen molar-refractivity contribution in [1.29, 1.82) is 0 Å². The average Bonchev–Trinajstić information content (AvgIpc) is 2.56. The van der Waals surface area contributed by atoms with Crippen LogP contribution in [-0.4, -0.2) is 0 Å². The van der Waals surface area contributed by atoms with E-state index in [0.29, 0.717) is 16.2 Å². The van der Waals surface area contributed by atoms with E-state index < -0.39 is 0 Å². The molecule has 2 fully saturated rings. The first-order chi connectivity index (χ1) is 7.58. The van der Waals surface area contributed by atoms with Crippen molar-refractivity contribution >= 4 is 0 Å². The van der Waals surface area contributed by atoms with Crippen molar-refractivity contribution in [2.24, 2.45) is 22.7 Å². The van der Waals surface area contributed by atoms with Crippen LogP contribution in [0.25, 0.3) is 0 Å². The van der Waals surface area contributed by atoms with Crippen LogP contribution >= 0.6 is 0 Å². The highest BCUT2D eigenvalue weighted by atomic mass is 15.0. The smallest absolute Gasteiger partial charge is 0.0143 e. The molecule has 3 aliphatic rings. The van der Waals surface area contributed by atoms with Gasteiger partial charge in [0.15, 0.2) is 0 Å². The van der Waals surface area contributed by atoms with E-state index in [1.807, 2.05) is 0 Å². The lowest BCUT2D eigenvalue weighted by Gasteiger charge is -2.53. The maximum Gasteiger partial charge on any atom is 0.0143 e. The summed E-state index contributed by atoms with van der Waals surface area (Å²) in [5.74, 6) is 1.66. The van der Waals surface area contributed by atoms with Gasteiger partial charge in [-0.1, -0.05) is 63.3 Å². The monoisotopic (exact) mass is 210 g/mol. The summed E-state index contributed by atoms with van der Waals surface area (Å²) in [7, 11) is 0. The summed E-state index contributed by atoms with van der Waals surface area (Å²) in [6.45, 7) is 7.41. The zero-order valence-corrected chi connectivity index (χ0v) is 10.2. The Kier molecular flexibility index (Phi) is 1.22. The van der Waals surface area contributed by atoms with Crippen molar-refractivity contribution in [3.05, 3.63) is 48.0 Å². The second kappa shape index (κ2) is 2.16. The van der Waals surface area contributed by atoms with Gasteiger partial charge < -0.3 is 0 Å². The van der Waals surface area contributed by atoms with Crippen LogP contribution in [0.15, 0.2) is 42.5 Å². The van der Waals surface area contributed by atoms with Crippen LogP contribution in [0.3, 0.4) is 0 Å². The Morgan fingerprint density at radius 3 is 2.00 bits per heavy atom. The lowest BCUT2D eigenvalue weighted by molar-refractivity contribution is 0.0935. The molecule has 1 aromatic carbocycles. The van der Waals surface area contributed by atoms with Crippen molar-refractivity contribution < 1.29 is 0 Å². The largest absolute Gasteiger partial charge is 0.0839 e. The van der Waals surface area contributed by atoms with Gasteiger partial charge in [0.25, 0.3) is 0 Å². The van der Waals surface area contributed by atoms with E-state index in [2.05, 4.69) is 63.3 Å². The molecule has 0 heterocycles. The molecule has 0 aliphatic heterocycles. The minimum absolute atomic E-state index is 0.445. The van der Waals surface area contributed by atoms with Crippen LogP contribution in [0.4, 0.5) is 0 Å². The molecule has 0 nitrogen and oxygen atoms in total. The lowest BCUT2D eigenvalue weighted by atomic mass is 9.50. The molecule has 0 bridgehead atoms. The summed E-state index contributed by atoms with van der Waals surface area (Å²) in [4.78, 5) is 0. The minimum Gasteiger partial charge on any atom is -0.0839 e. The van der Waals surface area contributed by atoms with Gasteiger partial charge in [-0.2, -0.15) is 0 Å². The fourth-order valence-electron chi connectivity index (χ4n) is 5.37. The van der Waals surface area contributed by atoms with Crippen LogP contribution in [0, 0.1) is 22.7 Å². The van der Waals surface area contributed by atoms with Gasteiger partial charge in [-0.3, -0.25) is 0 Å². The third-order valence-electron chi connectivity index (χ3n) is 6.35. The standard InChI is InChI=1S/C16H18/c1-14(2)15(3)12-9-10-13(12)16(14,15)11-7-5-4-6-8-11/h4-10,12-13H,1-3H3/t12-,13+,15+,16-/m1/s1. The molecular weight excluding hydrogens is 192 g/mol. The molecular formula is C16H18. The highest BCUT2D eigenvalue weighted by Gasteiger charge is 2.93. The first-order valence-electron chi connectivity index (χ1n) is 6.32. The molecule has 0 spiro atoms. The van der Waals surface area contributed by atoms with Crippen LogP contribution < -0.4 is 0 Å². The SMILES string of the molecule is CC1(C)[C@]2(C)[C@@H]3C=C[C@@H]3[C@]12c1ccccc1. The van der Waals surface area contributed by atoms with E-state index in [1.165, 1.54) is 0 Å². The fraction of sp³-hybridized carbons (Fsp3) is 0.500. The summed E-state index contributed by atoms with van der Waals surface area (Å²) in [5, 5.41) is 0. The summed E-state index contributed by atoms with van der Waals surface area (Å²) in [5.41, 5.74) is 2.98. The van der Waals surface area contributed by atoms with Crippen LogP contribution in [-0.2, 0) is 5.41 Å². The number of allylic oxidation sites excluding steroid dienone is 2. The Morgan fingerprint density at radius 2 is 1.50 bits per heavy atom. The van der Waals surface area contributed by atoms with Crippen LogP contribution in [0.2, 0.25) is 0 Å². The van der Waals surface area contributed by atoms with E-state index in [4.69, 9.17) is 0 Å². The zero-order valence-electron chi connectivity index (χ0n) is 10.2.